The van der Waals surface area contributed by atoms with Crippen molar-refractivity contribution in [1.29, 1.82) is 0 Å². The van der Waals surface area contributed by atoms with Crippen LogP contribution in [0.1, 0.15) is 48.1 Å². The minimum atomic E-state index is -0.122. The molecule has 1 atom stereocenters. The third-order valence-corrected chi connectivity index (χ3v) is 3.98. The first-order valence-electron chi connectivity index (χ1n) is 7.14. The molecule has 0 bridgehead atoms. The zero-order valence-electron chi connectivity index (χ0n) is 12.3. The van der Waals surface area contributed by atoms with E-state index in [2.05, 4.69) is 27.5 Å². The van der Waals surface area contributed by atoms with Gasteiger partial charge in [0.05, 0.1) is 17.3 Å². The number of nitrogens with zero attached hydrogens (tertiary/aromatic N) is 2. The molecule has 112 valence electrons. The minimum Gasteiger partial charge on any atom is -0.384 e. The highest BCUT2D eigenvalue weighted by Gasteiger charge is 2.18. The molecule has 2 N–H and O–H groups in total. The first kappa shape index (κ1) is 15.4. The molecule has 5 nitrogen and oxygen atoms in total. The maximum atomic E-state index is 12.5. The third kappa shape index (κ3) is 4.01. The number of hydrogen-bond donors (Lipinski definition) is 2. The van der Waals surface area contributed by atoms with E-state index < -0.39 is 0 Å². The summed E-state index contributed by atoms with van der Waals surface area (Å²) in [6, 6.07) is 1.77. The summed E-state index contributed by atoms with van der Waals surface area (Å²) in [5.74, 6) is -0.122. The van der Waals surface area contributed by atoms with Crippen LogP contribution >= 0.6 is 11.3 Å². The van der Waals surface area contributed by atoms with Crippen LogP contribution in [0.4, 0.5) is 5.69 Å². The number of carbonyl (C=O) groups excluding carboxylic acids is 1. The van der Waals surface area contributed by atoms with Crippen molar-refractivity contribution in [2.75, 3.05) is 11.9 Å². The molecule has 0 radical (unpaired) electrons. The molecule has 0 saturated carbocycles. The van der Waals surface area contributed by atoms with Crippen molar-refractivity contribution in [3.8, 4) is 0 Å². The summed E-state index contributed by atoms with van der Waals surface area (Å²) >= 11 is 1.55. The molecule has 1 amide bonds. The summed E-state index contributed by atoms with van der Waals surface area (Å²) in [6.07, 6.45) is 6.85. The van der Waals surface area contributed by atoms with Gasteiger partial charge in [-0.15, -0.1) is 11.3 Å². The number of thiazole rings is 1. The Morgan fingerprint density at radius 1 is 1.38 bits per heavy atom. The van der Waals surface area contributed by atoms with Crippen LogP contribution in [0.15, 0.2) is 30.0 Å². The first-order chi connectivity index (χ1) is 10.3. The number of anilines is 1. The number of hydrogen-bond acceptors (Lipinski definition) is 5. The second-order valence-corrected chi connectivity index (χ2v) is 5.58. The van der Waals surface area contributed by atoms with Gasteiger partial charge in [-0.05, 0) is 18.9 Å². The molecule has 21 heavy (non-hydrogen) atoms. The molecule has 0 aliphatic carbocycles. The Kier molecular flexibility index (Phi) is 5.68. The van der Waals surface area contributed by atoms with Crippen molar-refractivity contribution >= 4 is 22.9 Å². The van der Waals surface area contributed by atoms with Crippen molar-refractivity contribution in [3.63, 3.8) is 0 Å². The molecule has 1 unspecified atom stereocenters. The normalized spacial score (nSPS) is 11.9. The largest absolute Gasteiger partial charge is 0.384 e. The molecule has 0 aliphatic heterocycles. The lowest BCUT2D eigenvalue weighted by Crippen LogP contribution is -2.29. The molecule has 0 spiro atoms. The van der Waals surface area contributed by atoms with Gasteiger partial charge in [0, 0.05) is 30.5 Å². The third-order valence-electron chi connectivity index (χ3n) is 3.09. The number of aromatic nitrogens is 2. The number of nitrogens with one attached hydrogen (secondary N) is 2. The Morgan fingerprint density at radius 2 is 2.24 bits per heavy atom. The van der Waals surface area contributed by atoms with Gasteiger partial charge >= 0.3 is 0 Å². The summed E-state index contributed by atoms with van der Waals surface area (Å²) in [6.45, 7) is 4.95. The van der Waals surface area contributed by atoms with Crippen molar-refractivity contribution in [1.82, 2.24) is 15.3 Å². The smallest absolute Gasteiger partial charge is 0.255 e. The predicted molar refractivity (Wildman–Crippen MR) is 85.6 cm³/mol. The van der Waals surface area contributed by atoms with Gasteiger partial charge in [-0.25, -0.2) is 4.98 Å². The lowest BCUT2D eigenvalue weighted by molar-refractivity contribution is 0.0936. The lowest BCUT2D eigenvalue weighted by atomic mass is 10.1. The van der Waals surface area contributed by atoms with Crippen LogP contribution in [0, 0.1) is 0 Å². The second kappa shape index (κ2) is 7.73. The maximum Gasteiger partial charge on any atom is 0.255 e. The zero-order chi connectivity index (χ0) is 15.1. The van der Waals surface area contributed by atoms with Gasteiger partial charge < -0.3 is 10.6 Å². The highest BCUT2D eigenvalue weighted by Crippen LogP contribution is 2.21. The molecular formula is C15H20N4OS. The summed E-state index contributed by atoms with van der Waals surface area (Å²) < 4.78 is 0. The van der Waals surface area contributed by atoms with E-state index in [0.29, 0.717) is 5.56 Å². The molecule has 2 rings (SSSR count). The van der Waals surface area contributed by atoms with Gasteiger partial charge in [0.15, 0.2) is 0 Å². The van der Waals surface area contributed by atoms with Crippen molar-refractivity contribution in [2.45, 2.75) is 32.7 Å². The van der Waals surface area contributed by atoms with E-state index >= 15 is 0 Å². The van der Waals surface area contributed by atoms with Crippen LogP contribution in [0.2, 0.25) is 0 Å². The van der Waals surface area contributed by atoms with Gasteiger partial charge in [0.25, 0.3) is 5.91 Å². The van der Waals surface area contributed by atoms with E-state index in [1.165, 1.54) is 0 Å². The zero-order valence-corrected chi connectivity index (χ0v) is 13.1. The maximum absolute atomic E-state index is 12.5. The standard InChI is InChI=1S/C15H20N4OS/c1-3-6-17-13-5-7-16-10-11(13)14(20)19-12(4-2)15-18-8-9-21-15/h5,7-10,12H,3-4,6H2,1-2H3,(H,16,17)(H,19,20). The second-order valence-electron chi connectivity index (χ2n) is 4.65. The van der Waals surface area contributed by atoms with E-state index in [9.17, 15) is 4.79 Å². The van der Waals surface area contributed by atoms with E-state index in [1.54, 1.807) is 29.9 Å². The molecule has 2 aromatic heterocycles. The quantitative estimate of drug-likeness (QED) is 0.824. The average Bonchev–Trinajstić information content (AvgIpc) is 3.04. The molecular weight excluding hydrogens is 284 g/mol. The van der Waals surface area contributed by atoms with Crippen LogP contribution in [-0.2, 0) is 0 Å². The number of pyridine rings is 1. The Hall–Kier alpha value is -1.95. The predicted octanol–water partition coefficient (Wildman–Crippen LogP) is 3.24. The van der Waals surface area contributed by atoms with Crippen LogP contribution in [0.25, 0.3) is 0 Å². The van der Waals surface area contributed by atoms with Crippen LogP contribution in [0.3, 0.4) is 0 Å². The molecule has 6 heteroatoms. The van der Waals surface area contributed by atoms with Gasteiger partial charge in [0.2, 0.25) is 0 Å². The topological polar surface area (TPSA) is 66.9 Å². The summed E-state index contributed by atoms with van der Waals surface area (Å²) in [4.78, 5) is 20.8. The fourth-order valence-electron chi connectivity index (χ4n) is 1.97. The summed E-state index contributed by atoms with van der Waals surface area (Å²) in [7, 11) is 0. The minimum absolute atomic E-state index is 0.0586. The highest BCUT2D eigenvalue weighted by molar-refractivity contribution is 7.09. The monoisotopic (exact) mass is 304 g/mol. The highest BCUT2D eigenvalue weighted by atomic mass is 32.1. The van der Waals surface area contributed by atoms with Crippen molar-refractivity contribution in [2.24, 2.45) is 0 Å². The number of amides is 1. The number of carbonyl (C=O) groups is 1. The SMILES string of the molecule is CCCNc1ccncc1C(=O)NC(CC)c1nccs1. The molecule has 0 fully saturated rings. The Balaban J connectivity index is 2.12. The van der Waals surface area contributed by atoms with E-state index in [1.807, 2.05) is 18.4 Å². The van der Waals surface area contributed by atoms with Gasteiger partial charge in [-0.2, -0.15) is 0 Å². The number of rotatable bonds is 7. The molecule has 0 aliphatic rings. The van der Waals surface area contributed by atoms with E-state index in [0.717, 1.165) is 30.1 Å². The Bertz CT molecular complexity index is 571. The molecule has 2 aromatic rings. The Labute approximate surface area is 128 Å². The van der Waals surface area contributed by atoms with Gasteiger partial charge in [-0.3, -0.25) is 9.78 Å². The van der Waals surface area contributed by atoms with Crippen LogP contribution in [0.5, 0.6) is 0 Å². The van der Waals surface area contributed by atoms with E-state index in [4.69, 9.17) is 0 Å². The van der Waals surface area contributed by atoms with E-state index in [-0.39, 0.29) is 11.9 Å². The van der Waals surface area contributed by atoms with Crippen molar-refractivity contribution < 1.29 is 4.79 Å². The van der Waals surface area contributed by atoms with Crippen molar-refractivity contribution in [3.05, 3.63) is 40.6 Å². The Morgan fingerprint density at radius 3 is 2.90 bits per heavy atom. The fourth-order valence-corrected chi connectivity index (χ4v) is 2.74. The lowest BCUT2D eigenvalue weighted by Gasteiger charge is -2.16. The molecule has 0 saturated heterocycles. The average molecular weight is 304 g/mol. The fraction of sp³-hybridized carbons (Fsp3) is 0.400. The van der Waals surface area contributed by atoms with Gasteiger partial charge in [0.1, 0.15) is 5.01 Å². The molecule has 0 aromatic carbocycles. The summed E-state index contributed by atoms with van der Waals surface area (Å²) in [5, 5.41) is 9.13. The summed E-state index contributed by atoms with van der Waals surface area (Å²) in [5.41, 5.74) is 1.39. The van der Waals surface area contributed by atoms with Crippen LogP contribution < -0.4 is 10.6 Å². The molecule has 2 heterocycles. The van der Waals surface area contributed by atoms with Gasteiger partial charge in [-0.1, -0.05) is 13.8 Å². The first-order valence-corrected chi connectivity index (χ1v) is 8.02. The van der Waals surface area contributed by atoms with Crippen LogP contribution in [-0.4, -0.2) is 22.4 Å².